The predicted octanol–water partition coefficient (Wildman–Crippen LogP) is 2.76. The average molecular weight is 443 g/mol. The number of amides is 2. The van der Waals surface area contributed by atoms with Gasteiger partial charge in [0.25, 0.3) is 6.43 Å². The molecule has 0 radical (unpaired) electrons. The molecule has 0 N–H and O–H groups in total. The fraction of sp³-hybridized carbons (Fsp3) is 0.550. The highest BCUT2D eigenvalue weighted by molar-refractivity contribution is 5.90. The summed E-state index contributed by atoms with van der Waals surface area (Å²) in [6.07, 6.45) is -4.60. The third-order valence-electron chi connectivity index (χ3n) is 5.18. The van der Waals surface area contributed by atoms with Crippen LogP contribution >= 0.6 is 0 Å². The summed E-state index contributed by atoms with van der Waals surface area (Å²) >= 11 is 0. The van der Waals surface area contributed by atoms with Gasteiger partial charge in [0.05, 0.1) is 31.1 Å². The van der Waals surface area contributed by atoms with Crippen molar-refractivity contribution in [3.05, 3.63) is 24.0 Å². The number of rotatable bonds is 7. The van der Waals surface area contributed by atoms with E-state index in [1.165, 1.54) is 22.1 Å². The van der Waals surface area contributed by atoms with Crippen LogP contribution in [-0.2, 0) is 19.2 Å². The summed E-state index contributed by atoms with van der Waals surface area (Å²) in [5.74, 6) is -1.91. The molecule has 2 saturated heterocycles. The largest absolute Gasteiger partial charge is 0.444 e. The summed E-state index contributed by atoms with van der Waals surface area (Å²) in [5, 5.41) is 1.28. The van der Waals surface area contributed by atoms with E-state index in [9.17, 15) is 27.6 Å². The van der Waals surface area contributed by atoms with E-state index in [1.54, 1.807) is 17.9 Å². The Morgan fingerprint density at radius 2 is 2.00 bits per heavy atom. The topological polar surface area (TPSA) is 79.4 Å². The van der Waals surface area contributed by atoms with E-state index in [-0.39, 0.29) is 31.2 Å². The number of hydrogen-bond donors (Lipinski definition) is 0. The number of nitrogens with zero attached hydrogens (tertiary/aromatic N) is 3. The number of hydroxylamine groups is 2. The van der Waals surface area contributed by atoms with E-state index in [4.69, 9.17) is 9.57 Å². The minimum Gasteiger partial charge on any atom is -0.444 e. The molecule has 1 atom stereocenters. The first-order chi connectivity index (χ1) is 14.8. The number of ether oxygens (including phenoxy) is 1. The Morgan fingerprint density at radius 3 is 2.68 bits per heavy atom. The predicted molar refractivity (Wildman–Crippen MR) is 104 cm³/mol. The van der Waals surface area contributed by atoms with Crippen molar-refractivity contribution in [3.63, 3.8) is 0 Å². The highest BCUT2D eigenvalue weighted by Gasteiger charge is 2.33. The minimum atomic E-state index is -3.05. The highest BCUT2D eigenvalue weighted by atomic mass is 19.3. The number of anilines is 2. The molecule has 2 amide bonds. The quantitative estimate of drug-likeness (QED) is 0.645. The lowest BCUT2D eigenvalue weighted by molar-refractivity contribution is -0.181. The summed E-state index contributed by atoms with van der Waals surface area (Å²) in [5.41, 5.74) is 0.576. The minimum absolute atomic E-state index is 0.0211. The maximum Gasteiger partial charge on any atom is 0.414 e. The van der Waals surface area contributed by atoms with E-state index >= 15 is 0 Å². The molecule has 2 aliphatic rings. The van der Waals surface area contributed by atoms with Crippen LogP contribution < -0.4 is 9.80 Å². The Balaban J connectivity index is 1.63. The molecule has 0 bridgehead atoms. The number of carbonyl (C=O) groups is 3. The van der Waals surface area contributed by atoms with Crippen LogP contribution in [0.25, 0.3) is 0 Å². The molecule has 31 heavy (non-hydrogen) atoms. The van der Waals surface area contributed by atoms with Gasteiger partial charge >= 0.3 is 6.09 Å². The number of alkyl halides is 2. The van der Waals surface area contributed by atoms with E-state index in [1.807, 2.05) is 0 Å². The molecule has 2 heterocycles. The maximum atomic E-state index is 14.8. The number of cyclic esters (lactones) is 1. The lowest BCUT2D eigenvalue weighted by Gasteiger charge is -2.23. The third-order valence-corrected chi connectivity index (χ3v) is 5.18. The van der Waals surface area contributed by atoms with Crippen molar-refractivity contribution >= 4 is 29.2 Å². The number of Topliss-reactive ketones (excluding diaryl/α,β-unsaturated/α-hetero) is 1. The first-order valence-corrected chi connectivity index (χ1v) is 10.1. The van der Waals surface area contributed by atoms with Crippen molar-refractivity contribution < 1.29 is 37.1 Å². The molecule has 1 aromatic carbocycles. The third kappa shape index (κ3) is 5.46. The number of hydrogen-bond acceptors (Lipinski definition) is 6. The van der Waals surface area contributed by atoms with Crippen LogP contribution in [0.15, 0.2) is 18.2 Å². The Labute approximate surface area is 177 Å². The number of benzene rings is 1. The molecular weight excluding hydrogens is 419 g/mol. The lowest BCUT2D eigenvalue weighted by atomic mass is 10.1. The average Bonchev–Trinajstić information content (AvgIpc) is 2.95. The second-order valence-corrected chi connectivity index (χ2v) is 7.23. The summed E-state index contributed by atoms with van der Waals surface area (Å²) in [6, 6.07) is 4.29. The van der Waals surface area contributed by atoms with Gasteiger partial charge in [0.2, 0.25) is 5.91 Å². The summed E-state index contributed by atoms with van der Waals surface area (Å²) in [6.45, 7) is 3.07. The first kappa shape index (κ1) is 22.9. The van der Waals surface area contributed by atoms with Crippen LogP contribution in [-0.4, -0.2) is 68.2 Å². The van der Waals surface area contributed by atoms with Crippen molar-refractivity contribution in [2.45, 2.75) is 38.7 Å². The fourth-order valence-electron chi connectivity index (χ4n) is 3.48. The van der Waals surface area contributed by atoms with Gasteiger partial charge in [0, 0.05) is 25.9 Å². The summed E-state index contributed by atoms with van der Waals surface area (Å²) in [4.78, 5) is 43.4. The van der Waals surface area contributed by atoms with Crippen molar-refractivity contribution in [1.82, 2.24) is 5.06 Å². The van der Waals surface area contributed by atoms with Crippen LogP contribution in [0.4, 0.5) is 29.3 Å². The van der Waals surface area contributed by atoms with Gasteiger partial charge in [-0.1, -0.05) is 6.92 Å². The zero-order valence-corrected chi connectivity index (χ0v) is 17.1. The SMILES string of the molecule is CCC(=O)N1CCN(c2ccc(N3C[C@H](CCC(=O)C(F)F)OC3=O)cc2F)CCO1. The second-order valence-electron chi connectivity index (χ2n) is 7.23. The van der Waals surface area contributed by atoms with Gasteiger partial charge in [0.15, 0.2) is 5.78 Å². The van der Waals surface area contributed by atoms with Gasteiger partial charge < -0.3 is 9.64 Å². The van der Waals surface area contributed by atoms with Gasteiger partial charge in [-0.2, -0.15) is 0 Å². The molecule has 8 nitrogen and oxygen atoms in total. The van der Waals surface area contributed by atoms with Gasteiger partial charge in [-0.3, -0.25) is 19.3 Å². The van der Waals surface area contributed by atoms with Crippen LogP contribution in [0.1, 0.15) is 26.2 Å². The summed E-state index contributed by atoms with van der Waals surface area (Å²) in [7, 11) is 0. The van der Waals surface area contributed by atoms with Crippen molar-refractivity contribution in [2.24, 2.45) is 0 Å². The Kier molecular flexibility index (Phi) is 7.37. The molecule has 2 fully saturated rings. The van der Waals surface area contributed by atoms with Crippen LogP contribution in [0.3, 0.4) is 0 Å². The second kappa shape index (κ2) is 9.99. The van der Waals surface area contributed by atoms with Crippen molar-refractivity contribution in [1.29, 1.82) is 0 Å². The molecule has 0 aliphatic carbocycles. The number of halogens is 3. The monoisotopic (exact) mass is 443 g/mol. The smallest absolute Gasteiger partial charge is 0.414 e. The lowest BCUT2D eigenvalue weighted by Crippen LogP contribution is -2.34. The van der Waals surface area contributed by atoms with Gasteiger partial charge in [-0.05, 0) is 24.6 Å². The molecule has 0 saturated carbocycles. The number of ketones is 1. The Bertz CT molecular complexity index is 838. The van der Waals surface area contributed by atoms with Crippen molar-refractivity contribution in [2.75, 3.05) is 42.6 Å². The zero-order valence-electron chi connectivity index (χ0n) is 17.1. The van der Waals surface area contributed by atoms with Crippen LogP contribution in [0.2, 0.25) is 0 Å². The highest BCUT2D eigenvalue weighted by Crippen LogP contribution is 2.29. The molecule has 11 heteroatoms. The van der Waals surface area contributed by atoms with E-state index in [2.05, 4.69) is 0 Å². The van der Waals surface area contributed by atoms with E-state index in [0.717, 1.165) is 0 Å². The first-order valence-electron chi connectivity index (χ1n) is 10.1. The fourth-order valence-corrected chi connectivity index (χ4v) is 3.48. The molecule has 3 rings (SSSR count). The maximum absolute atomic E-state index is 14.8. The van der Waals surface area contributed by atoms with E-state index < -0.39 is 36.6 Å². The normalized spacial score (nSPS) is 19.6. The van der Waals surface area contributed by atoms with Gasteiger partial charge in [0.1, 0.15) is 11.9 Å². The molecule has 0 aromatic heterocycles. The van der Waals surface area contributed by atoms with Gasteiger partial charge in [-0.15, -0.1) is 0 Å². The number of carbonyl (C=O) groups excluding carboxylic acids is 3. The van der Waals surface area contributed by atoms with Crippen LogP contribution in [0, 0.1) is 5.82 Å². The van der Waals surface area contributed by atoms with E-state index in [0.29, 0.717) is 31.7 Å². The standard InChI is InChI=1S/C20H24F3N3O5/c1-2-18(28)26-8-7-24(9-10-30-26)16-5-3-13(11-15(16)21)25-12-14(31-20(25)29)4-6-17(27)19(22)23/h3,5,11,14,19H,2,4,6-10,12H2,1H3/t14-/m0/s1. The zero-order chi connectivity index (χ0) is 22.5. The molecule has 1 aromatic rings. The Hall–Kier alpha value is -2.82. The van der Waals surface area contributed by atoms with Crippen LogP contribution in [0.5, 0.6) is 0 Å². The van der Waals surface area contributed by atoms with Gasteiger partial charge in [-0.25, -0.2) is 23.0 Å². The molecule has 0 spiro atoms. The molecule has 2 aliphatic heterocycles. The molecule has 170 valence electrons. The van der Waals surface area contributed by atoms with Crippen molar-refractivity contribution in [3.8, 4) is 0 Å². The summed E-state index contributed by atoms with van der Waals surface area (Å²) < 4.78 is 44.6. The molecular formula is C20H24F3N3O5. The Morgan fingerprint density at radius 1 is 1.23 bits per heavy atom. The molecule has 0 unspecified atom stereocenters.